The lowest BCUT2D eigenvalue weighted by molar-refractivity contribution is 0.614. The predicted octanol–water partition coefficient (Wildman–Crippen LogP) is 1.73. The lowest BCUT2D eigenvalue weighted by atomic mass is 10.1. The Kier molecular flexibility index (Phi) is 1.70. The van der Waals surface area contributed by atoms with Crippen molar-refractivity contribution >= 4 is 17.1 Å². The number of nitrogen functional groups attached to an aromatic ring is 1. The van der Waals surface area contributed by atoms with E-state index in [1.165, 1.54) is 5.56 Å². The minimum Gasteiger partial charge on any atom is -0.422 e. The maximum absolute atomic E-state index is 5.38. The third-order valence-corrected chi connectivity index (χ3v) is 2.20. The number of fused-ring (bicyclic) bond motifs is 1. The van der Waals surface area contributed by atoms with Crippen LogP contribution in [0.15, 0.2) is 16.5 Å². The van der Waals surface area contributed by atoms with Crippen molar-refractivity contribution in [1.82, 2.24) is 4.98 Å². The van der Waals surface area contributed by atoms with Gasteiger partial charge < -0.3 is 4.42 Å². The van der Waals surface area contributed by atoms with Crippen molar-refractivity contribution in [2.45, 2.75) is 13.8 Å². The quantitative estimate of drug-likeness (QED) is 0.514. The van der Waals surface area contributed by atoms with Crippen LogP contribution in [0.5, 0.6) is 0 Å². The normalized spacial score (nSPS) is 10.7. The van der Waals surface area contributed by atoms with E-state index in [9.17, 15) is 0 Å². The van der Waals surface area contributed by atoms with Crippen LogP contribution in [0, 0.1) is 13.8 Å². The summed E-state index contributed by atoms with van der Waals surface area (Å²) in [6.45, 7) is 4.04. The second-order valence-electron chi connectivity index (χ2n) is 3.02. The molecule has 0 atom stereocenters. The average molecular weight is 177 g/mol. The van der Waals surface area contributed by atoms with Crippen LogP contribution >= 0.6 is 0 Å². The van der Waals surface area contributed by atoms with Gasteiger partial charge >= 0.3 is 6.01 Å². The SMILES string of the molecule is Cc1ccc2nc(NN)oc2c1C. The lowest BCUT2D eigenvalue weighted by Gasteiger charge is -1.97. The zero-order valence-electron chi connectivity index (χ0n) is 7.59. The average Bonchev–Trinajstić information content (AvgIpc) is 2.55. The Balaban J connectivity index is 2.76. The molecule has 1 heterocycles. The van der Waals surface area contributed by atoms with Gasteiger partial charge in [0.1, 0.15) is 5.52 Å². The molecular weight excluding hydrogens is 166 g/mol. The molecule has 1 aromatic carbocycles. The number of nitrogens with one attached hydrogen (secondary N) is 1. The second kappa shape index (κ2) is 2.74. The first-order valence-corrected chi connectivity index (χ1v) is 4.05. The molecule has 0 amide bonds. The first-order chi connectivity index (χ1) is 6.22. The van der Waals surface area contributed by atoms with Crippen molar-refractivity contribution in [2.24, 2.45) is 5.84 Å². The molecular formula is C9H11N3O. The zero-order valence-corrected chi connectivity index (χ0v) is 7.59. The molecule has 4 nitrogen and oxygen atoms in total. The number of aromatic nitrogens is 1. The van der Waals surface area contributed by atoms with Crippen LogP contribution in [0.1, 0.15) is 11.1 Å². The third kappa shape index (κ3) is 1.15. The van der Waals surface area contributed by atoms with E-state index in [4.69, 9.17) is 10.3 Å². The number of nitrogens with two attached hydrogens (primary N) is 1. The van der Waals surface area contributed by atoms with Gasteiger partial charge in [0.2, 0.25) is 0 Å². The summed E-state index contributed by atoms with van der Waals surface area (Å²) in [4.78, 5) is 4.13. The molecule has 0 radical (unpaired) electrons. The van der Waals surface area contributed by atoms with Crippen LogP contribution in [0.4, 0.5) is 6.01 Å². The highest BCUT2D eigenvalue weighted by molar-refractivity contribution is 5.78. The molecule has 1 aromatic heterocycles. The number of hydrogen-bond acceptors (Lipinski definition) is 4. The molecule has 0 fully saturated rings. The van der Waals surface area contributed by atoms with E-state index in [-0.39, 0.29) is 0 Å². The van der Waals surface area contributed by atoms with E-state index in [2.05, 4.69) is 10.4 Å². The highest BCUT2D eigenvalue weighted by atomic mass is 16.4. The van der Waals surface area contributed by atoms with E-state index in [1.54, 1.807) is 0 Å². The van der Waals surface area contributed by atoms with Gasteiger partial charge in [0, 0.05) is 0 Å². The molecule has 0 bridgehead atoms. The molecule has 4 heteroatoms. The molecule has 3 N–H and O–H groups in total. The number of rotatable bonds is 1. The smallest absolute Gasteiger partial charge is 0.310 e. The van der Waals surface area contributed by atoms with Crippen molar-refractivity contribution < 1.29 is 4.42 Å². The third-order valence-electron chi connectivity index (χ3n) is 2.20. The Bertz CT molecular complexity index is 447. The van der Waals surface area contributed by atoms with Crippen LogP contribution in [0.25, 0.3) is 11.1 Å². The molecule has 13 heavy (non-hydrogen) atoms. The van der Waals surface area contributed by atoms with Crippen LogP contribution < -0.4 is 11.3 Å². The Labute approximate surface area is 75.7 Å². The van der Waals surface area contributed by atoms with E-state index in [0.29, 0.717) is 6.01 Å². The van der Waals surface area contributed by atoms with Gasteiger partial charge in [-0.3, -0.25) is 5.43 Å². The maximum Gasteiger partial charge on any atom is 0.310 e. The summed E-state index contributed by atoms with van der Waals surface area (Å²) in [5, 5.41) is 0. The molecule has 0 aliphatic rings. The zero-order chi connectivity index (χ0) is 9.42. The van der Waals surface area contributed by atoms with Crippen molar-refractivity contribution in [3.8, 4) is 0 Å². The van der Waals surface area contributed by atoms with E-state index in [0.717, 1.165) is 16.7 Å². The molecule has 0 unspecified atom stereocenters. The standard InChI is InChI=1S/C9H11N3O/c1-5-3-4-7-8(6(5)2)13-9(11-7)12-10/h3-4H,10H2,1-2H3,(H,11,12). The van der Waals surface area contributed by atoms with Gasteiger partial charge in [0.05, 0.1) is 0 Å². The maximum atomic E-state index is 5.38. The van der Waals surface area contributed by atoms with Crippen molar-refractivity contribution in [3.63, 3.8) is 0 Å². The molecule has 0 aliphatic carbocycles. The minimum atomic E-state index is 0.351. The molecule has 68 valence electrons. The molecule has 0 spiro atoms. The first kappa shape index (κ1) is 8.07. The van der Waals surface area contributed by atoms with Gasteiger partial charge in [0.25, 0.3) is 0 Å². The van der Waals surface area contributed by atoms with Crippen LogP contribution in [-0.4, -0.2) is 4.98 Å². The van der Waals surface area contributed by atoms with E-state index >= 15 is 0 Å². The van der Waals surface area contributed by atoms with Crippen LogP contribution in [-0.2, 0) is 0 Å². The highest BCUT2D eigenvalue weighted by Crippen LogP contribution is 2.23. The number of hydrazine groups is 1. The summed E-state index contributed by atoms with van der Waals surface area (Å²) in [6, 6.07) is 4.28. The fourth-order valence-electron chi connectivity index (χ4n) is 1.28. The number of anilines is 1. The van der Waals surface area contributed by atoms with E-state index < -0.39 is 0 Å². The van der Waals surface area contributed by atoms with Gasteiger partial charge in [-0.1, -0.05) is 6.07 Å². The van der Waals surface area contributed by atoms with Crippen molar-refractivity contribution in [2.75, 3.05) is 5.43 Å². The highest BCUT2D eigenvalue weighted by Gasteiger charge is 2.07. The van der Waals surface area contributed by atoms with Gasteiger partial charge in [0.15, 0.2) is 5.58 Å². The molecule has 0 aliphatic heterocycles. The largest absolute Gasteiger partial charge is 0.422 e. The van der Waals surface area contributed by atoms with Gasteiger partial charge in [-0.2, -0.15) is 4.98 Å². The number of aryl methyl sites for hydroxylation is 2. The van der Waals surface area contributed by atoms with Gasteiger partial charge in [-0.15, -0.1) is 0 Å². The van der Waals surface area contributed by atoms with Crippen molar-refractivity contribution in [1.29, 1.82) is 0 Å². The summed E-state index contributed by atoms with van der Waals surface area (Å²) in [7, 11) is 0. The predicted molar refractivity (Wildman–Crippen MR) is 51.3 cm³/mol. The second-order valence-corrected chi connectivity index (χ2v) is 3.02. The topological polar surface area (TPSA) is 64.1 Å². The lowest BCUT2D eigenvalue weighted by Crippen LogP contribution is -2.06. The Morgan fingerprint density at radius 2 is 2.15 bits per heavy atom. The summed E-state index contributed by atoms with van der Waals surface area (Å²) < 4.78 is 5.38. The van der Waals surface area contributed by atoms with Crippen LogP contribution in [0.2, 0.25) is 0 Å². The minimum absolute atomic E-state index is 0.351. The summed E-state index contributed by atoms with van der Waals surface area (Å²) >= 11 is 0. The van der Waals surface area contributed by atoms with Gasteiger partial charge in [-0.25, -0.2) is 5.84 Å². The molecule has 0 saturated heterocycles. The van der Waals surface area contributed by atoms with Crippen LogP contribution in [0.3, 0.4) is 0 Å². The number of oxazole rings is 1. The Hall–Kier alpha value is -1.55. The molecule has 2 rings (SSSR count). The number of nitrogens with zero attached hydrogens (tertiary/aromatic N) is 1. The Morgan fingerprint density at radius 1 is 1.38 bits per heavy atom. The fraction of sp³-hybridized carbons (Fsp3) is 0.222. The summed E-state index contributed by atoms with van der Waals surface area (Å²) in [6.07, 6.45) is 0. The van der Waals surface area contributed by atoms with E-state index in [1.807, 2.05) is 26.0 Å². The number of benzene rings is 1. The first-order valence-electron chi connectivity index (χ1n) is 4.05. The fourth-order valence-corrected chi connectivity index (χ4v) is 1.28. The Morgan fingerprint density at radius 3 is 2.85 bits per heavy atom. The number of hydrogen-bond donors (Lipinski definition) is 2. The van der Waals surface area contributed by atoms with Crippen molar-refractivity contribution in [3.05, 3.63) is 23.3 Å². The molecule has 0 saturated carbocycles. The monoisotopic (exact) mass is 177 g/mol. The molecule has 2 aromatic rings. The van der Waals surface area contributed by atoms with Gasteiger partial charge in [-0.05, 0) is 31.0 Å². The summed E-state index contributed by atoms with van der Waals surface area (Å²) in [5.74, 6) is 5.20. The summed E-state index contributed by atoms with van der Waals surface area (Å²) in [5.41, 5.74) is 6.30.